The van der Waals surface area contributed by atoms with Crippen molar-refractivity contribution in [1.29, 1.82) is 0 Å². The molecular formula is C19H20N4O2S. The van der Waals surface area contributed by atoms with Crippen LogP contribution in [0.15, 0.2) is 65.6 Å². The number of hydrogen-bond donors (Lipinski definition) is 1. The number of hydrogen-bond acceptors (Lipinski definition) is 4. The van der Waals surface area contributed by atoms with Gasteiger partial charge in [-0.3, -0.25) is 5.10 Å². The number of piperidine rings is 1. The molecule has 1 atom stereocenters. The molecule has 1 fully saturated rings. The fourth-order valence-electron chi connectivity index (χ4n) is 3.33. The molecule has 0 spiro atoms. The van der Waals surface area contributed by atoms with E-state index in [2.05, 4.69) is 15.2 Å². The summed E-state index contributed by atoms with van der Waals surface area (Å²) in [6.07, 6.45) is 2.55. The van der Waals surface area contributed by atoms with E-state index in [9.17, 15) is 8.42 Å². The van der Waals surface area contributed by atoms with Gasteiger partial charge in [-0.15, -0.1) is 0 Å². The second-order valence-electron chi connectivity index (χ2n) is 6.35. The largest absolute Gasteiger partial charge is 0.261 e. The predicted octanol–water partition coefficient (Wildman–Crippen LogP) is 3.39. The van der Waals surface area contributed by atoms with Gasteiger partial charge in [0.15, 0.2) is 5.82 Å². The highest BCUT2D eigenvalue weighted by molar-refractivity contribution is 7.89. The van der Waals surface area contributed by atoms with Crippen LogP contribution in [0.1, 0.15) is 31.1 Å². The van der Waals surface area contributed by atoms with Crippen LogP contribution in [0, 0.1) is 0 Å². The van der Waals surface area contributed by atoms with E-state index >= 15 is 0 Å². The lowest BCUT2D eigenvalue weighted by atomic mass is 10.0. The van der Waals surface area contributed by atoms with Gasteiger partial charge >= 0.3 is 0 Å². The Balaban J connectivity index is 1.68. The first kappa shape index (κ1) is 16.9. The maximum absolute atomic E-state index is 13.1. The van der Waals surface area contributed by atoms with Gasteiger partial charge < -0.3 is 0 Å². The standard InChI is InChI=1S/C19H20N4O2S/c24-26(25,16-11-5-2-6-12-16)23-14-8-7-13-17(23)19-20-18(21-22-19)15-9-3-1-4-10-15/h1-6,9-12,17H,7-8,13-14H2,(H,20,21,22). The summed E-state index contributed by atoms with van der Waals surface area (Å²) in [5, 5.41) is 7.25. The smallest absolute Gasteiger partial charge is 0.243 e. The number of sulfonamides is 1. The molecule has 3 aromatic rings. The number of nitrogens with one attached hydrogen (secondary N) is 1. The third-order valence-corrected chi connectivity index (χ3v) is 6.58. The summed E-state index contributed by atoms with van der Waals surface area (Å²) in [7, 11) is -3.57. The van der Waals surface area contributed by atoms with Crippen LogP contribution in [0.4, 0.5) is 0 Å². The monoisotopic (exact) mass is 368 g/mol. The molecule has 0 aliphatic carbocycles. The van der Waals surface area contributed by atoms with E-state index in [1.54, 1.807) is 28.6 Å². The number of rotatable bonds is 4. The van der Waals surface area contributed by atoms with Gasteiger partial charge in [0.05, 0.1) is 10.9 Å². The number of H-pyrrole nitrogens is 1. The molecule has 0 radical (unpaired) electrons. The van der Waals surface area contributed by atoms with Crippen molar-refractivity contribution in [2.45, 2.75) is 30.2 Å². The highest BCUT2D eigenvalue weighted by atomic mass is 32.2. The second-order valence-corrected chi connectivity index (χ2v) is 8.24. The lowest BCUT2D eigenvalue weighted by Crippen LogP contribution is -2.39. The van der Waals surface area contributed by atoms with Gasteiger partial charge in [0.25, 0.3) is 0 Å². The first-order valence-electron chi connectivity index (χ1n) is 8.71. The van der Waals surface area contributed by atoms with Crippen LogP contribution in [-0.2, 0) is 10.0 Å². The molecule has 0 bridgehead atoms. The Hall–Kier alpha value is -2.51. The van der Waals surface area contributed by atoms with Gasteiger partial charge in [-0.1, -0.05) is 55.0 Å². The van der Waals surface area contributed by atoms with Crippen LogP contribution in [0.2, 0.25) is 0 Å². The topological polar surface area (TPSA) is 79.0 Å². The molecule has 4 rings (SSSR count). The maximum atomic E-state index is 13.1. The average molecular weight is 368 g/mol. The quantitative estimate of drug-likeness (QED) is 0.766. The van der Waals surface area contributed by atoms with Crippen molar-refractivity contribution >= 4 is 10.0 Å². The first-order chi connectivity index (χ1) is 12.7. The van der Waals surface area contributed by atoms with Gasteiger partial charge in [-0.25, -0.2) is 13.4 Å². The van der Waals surface area contributed by atoms with E-state index < -0.39 is 10.0 Å². The minimum atomic E-state index is -3.57. The third-order valence-electron chi connectivity index (χ3n) is 4.65. The molecular weight excluding hydrogens is 348 g/mol. The molecule has 6 nitrogen and oxygen atoms in total. The maximum Gasteiger partial charge on any atom is 0.243 e. The van der Waals surface area contributed by atoms with Crippen LogP contribution in [0.3, 0.4) is 0 Å². The number of aromatic amines is 1. The molecule has 1 aliphatic rings. The van der Waals surface area contributed by atoms with Crippen molar-refractivity contribution in [3.8, 4) is 11.4 Å². The summed E-state index contributed by atoms with van der Waals surface area (Å²) in [5.41, 5.74) is 0.906. The zero-order valence-corrected chi connectivity index (χ0v) is 15.1. The Morgan fingerprint density at radius 3 is 2.38 bits per heavy atom. The molecule has 1 aliphatic heterocycles. The molecule has 0 amide bonds. The second kappa shape index (κ2) is 7.01. The summed E-state index contributed by atoms with van der Waals surface area (Å²) in [5.74, 6) is 1.19. The number of nitrogens with zero attached hydrogens (tertiary/aromatic N) is 3. The van der Waals surface area contributed by atoms with Crippen molar-refractivity contribution in [2.75, 3.05) is 6.54 Å². The van der Waals surface area contributed by atoms with Crippen LogP contribution in [0.5, 0.6) is 0 Å². The average Bonchev–Trinajstić information content (AvgIpc) is 3.19. The van der Waals surface area contributed by atoms with Crippen molar-refractivity contribution in [3.05, 3.63) is 66.5 Å². The van der Waals surface area contributed by atoms with Crippen molar-refractivity contribution in [3.63, 3.8) is 0 Å². The lowest BCUT2D eigenvalue weighted by molar-refractivity contribution is 0.247. The Kier molecular flexibility index (Phi) is 4.57. The van der Waals surface area contributed by atoms with Crippen molar-refractivity contribution in [1.82, 2.24) is 19.5 Å². The zero-order valence-electron chi connectivity index (χ0n) is 14.2. The fraction of sp³-hybridized carbons (Fsp3) is 0.263. The molecule has 2 heterocycles. The summed E-state index contributed by atoms with van der Waals surface area (Å²) in [4.78, 5) is 4.90. The van der Waals surface area contributed by atoms with Gasteiger partial charge in [0, 0.05) is 12.1 Å². The van der Waals surface area contributed by atoms with Crippen LogP contribution in [-0.4, -0.2) is 34.4 Å². The number of benzene rings is 2. The zero-order chi connectivity index (χ0) is 18.0. The molecule has 1 N–H and O–H groups in total. The molecule has 7 heteroatoms. The first-order valence-corrected chi connectivity index (χ1v) is 10.1. The minimum Gasteiger partial charge on any atom is -0.261 e. The Morgan fingerprint density at radius 1 is 0.962 bits per heavy atom. The van der Waals surface area contributed by atoms with E-state index in [0.717, 1.165) is 24.8 Å². The molecule has 2 aromatic carbocycles. The van der Waals surface area contributed by atoms with Crippen LogP contribution in [0.25, 0.3) is 11.4 Å². The summed E-state index contributed by atoms with van der Waals surface area (Å²) < 4.78 is 27.8. The predicted molar refractivity (Wildman–Crippen MR) is 98.7 cm³/mol. The number of aromatic nitrogens is 3. The molecule has 26 heavy (non-hydrogen) atoms. The molecule has 0 saturated carbocycles. The Labute approximate surface area is 153 Å². The lowest BCUT2D eigenvalue weighted by Gasteiger charge is -2.33. The van der Waals surface area contributed by atoms with Crippen LogP contribution >= 0.6 is 0 Å². The normalized spacial score (nSPS) is 18.7. The van der Waals surface area contributed by atoms with E-state index in [0.29, 0.717) is 23.1 Å². The van der Waals surface area contributed by atoms with Gasteiger partial charge in [-0.2, -0.15) is 9.40 Å². The van der Waals surface area contributed by atoms with E-state index in [1.165, 1.54) is 0 Å². The van der Waals surface area contributed by atoms with Crippen molar-refractivity contribution < 1.29 is 8.42 Å². The van der Waals surface area contributed by atoms with E-state index in [4.69, 9.17) is 0 Å². The highest BCUT2D eigenvalue weighted by Gasteiger charge is 2.36. The van der Waals surface area contributed by atoms with E-state index in [-0.39, 0.29) is 6.04 Å². The molecule has 1 unspecified atom stereocenters. The van der Waals surface area contributed by atoms with Crippen LogP contribution < -0.4 is 0 Å². The van der Waals surface area contributed by atoms with Gasteiger partial charge in [-0.05, 0) is 25.0 Å². The Bertz CT molecular complexity index is 971. The fourth-order valence-corrected chi connectivity index (χ4v) is 5.02. The summed E-state index contributed by atoms with van der Waals surface area (Å²) in [6.45, 7) is 0.489. The third kappa shape index (κ3) is 3.15. The summed E-state index contributed by atoms with van der Waals surface area (Å²) in [6, 6.07) is 17.9. The minimum absolute atomic E-state index is 0.315. The molecule has 134 valence electrons. The Morgan fingerprint density at radius 2 is 1.65 bits per heavy atom. The van der Waals surface area contributed by atoms with E-state index in [1.807, 2.05) is 36.4 Å². The highest BCUT2D eigenvalue weighted by Crippen LogP contribution is 2.34. The summed E-state index contributed by atoms with van der Waals surface area (Å²) >= 11 is 0. The SMILES string of the molecule is O=S(=O)(c1ccccc1)N1CCCCC1c1nc(-c2ccccc2)n[nH]1. The molecule has 1 saturated heterocycles. The van der Waals surface area contributed by atoms with Gasteiger partial charge in [0.1, 0.15) is 5.82 Å². The molecule has 1 aromatic heterocycles. The van der Waals surface area contributed by atoms with Crippen molar-refractivity contribution in [2.24, 2.45) is 0 Å². The van der Waals surface area contributed by atoms with Gasteiger partial charge in [0.2, 0.25) is 10.0 Å².